The first-order valence-corrected chi connectivity index (χ1v) is 6.92. The predicted octanol–water partition coefficient (Wildman–Crippen LogP) is 4.85. The van der Waals surface area contributed by atoms with Gasteiger partial charge in [-0.15, -0.1) is 0 Å². The summed E-state index contributed by atoms with van der Waals surface area (Å²) >= 11 is 0. The molecule has 1 nitrogen and oxygen atoms in total. The van der Waals surface area contributed by atoms with Crippen LogP contribution in [0.15, 0.2) is 36.4 Å². The zero-order chi connectivity index (χ0) is 15.4. The van der Waals surface area contributed by atoms with Crippen LogP contribution in [-0.2, 0) is 6.42 Å². The normalized spacial score (nSPS) is 12.2. The van der Waals surface area contributed by atoms with E-state index in [1.54, 1.807) is 0 Å². The quantitative estimate of drug-likeness (QED) is 0.777. The zero-order valence-corrected chi connectivity index (χ0v) is 12.1. The van der Waals surface area contributed by atoms with Gasteiger partial charge in [0.2, 0.25) is 0 Å². The Labute approximate surface area is 122 Å². The van der Waals surface area contributed by atoms with Crippen molar-refractivity contribution < 1.29 is 13.2 Å². The summed E-state index contributed by atoms with van der Waals surface area (Å²) in [5.74, 6) is -3.01. The van der Waals surface area contributed by atoms with E-state index >= 15 is 0 Å². The third-order valence-electron chi connectivity index (χ3n) is 3.34. The molecule has 0 aliphatic heterocycles. The van der Waals surface area contributed by atoms with Crippen molar-refractivity contribution in [3.63, 3.8) is 0 Å². The molecule has 0 radical (unpaired) electrons. The van der Waals surface area contributed by atoms with Crippen molar-refractivity contribution in [1.29, 1.82) is 0 Å². The van der Waals surface area contributed by atoms with Crippen LogP contribution in [0.3, 0.4) is 0 Å². The van der Waals surface area contributed by atoms with E-state index in [4.69, 9.17) is 0 Å². The van der Waals surface area contributed by atoms with Crippen molar-refractivity contribution in [2.75, 3.05) is 5.32 Å². The maximum atomic E-state index is 13.6. The van der Waals surface area contributed by atoms with Gasteiger partial charge in [0.15, 0.2) is 11.6 Å². The minimum atomic E-state index is -1.18. The Kier molecular flexibility index (Phi) is 4.89. The second-order valence-electron chi connectivity index (χ2n) is 5.32. The van der Waals surface area contributed by atoms with Crippen molar-refractivity contribution in [3.8, 4) is 0 Å². The first-order chi connectivity index (χ1) is 9.95. The van der Waals surface area contributed by atoms with Gasteiger partial charge >= 0.3 is 0 Å². The number of hydrogen-bond donors (Lipinski definition) is 1. The molecule has 112 valence electrons. The van der Waals surface area contributed by atoms with Crippen LogP contribution in [0.5, 0.6) is 0 Å². The Morgan fingerprint density at radius 3 is 2.57 bits per heavy atom. The van der Waals surface area contributed by atoms with Gasteiger partial charge in [-0.2, -0.15) is 0 Å². The van der Waals surface area contributed by atoms with Gasteiger partial charge in [-0.25, -0.2) is 13.2 Å². The highest BCUT2D eigenvalue weighted by Crippen LogP contribution is 2.21. The van der Waals surface area contributed by atoms with Gasteiger partial charge < -0.3 is 5.32 Å². The molecule has 0 amide bonds. The standard InChI is InChI=1S/C17H18F3N/c1-11-4-3-5-13(8-11)7-6-12(2)21-16-10-14(18)9-15(19)17(16)20/h3-5,8-10,12,21H,6-7H2,1-2H3. The number of hydrogen-bond acceptors (Lipinski definition) is 1. The second kappa shape index (κ2) is 6.66. The molecule has 0 aromatic heterocycles. The molecule has 21 heavy (non-hydrogen) atoms. The van der Waals surface area contributed by atoms with Gasteiger partial charge in [0.05, 0.1) is 5.69 Å². The number of nitrogens with one attached hydrogen (secondary N) is 1. The van der Waals surface area contributed by atoms with Crippen LogP contribution in [0.25, 0.3) is 0 Å². The fourth-order valence-corrected chi connectivity index (χ4v) is 2.25. The number of anilines is 1. The maximum absolute atomic E-state index is 13.6. The Balaban J connectivity index is 1.97. The van der Waals surface area contributed by atoms with E-state index in [-0.39, 0.29) is 11.7 Å². The Bertz CT molecular complexity index is 625. The molecule has 0 fully saturated rings. The predicted molar refractivity (Wildman–Crippen MR) is 78.9 cm³/mol. The Morgan fingerprint density at radius 2 is 1.86 bits per heavy atom. The molecule has 0 spiro atoms. The molecule has 1 unspecified atom stereocenters. The molecule has 2 aromatic carbocycles. The summed E-state index contributed by atoms with van der Waals surface area (Å²) in [6, 6.07) is 9.55. The van der Waals surface area contributed by atoms with Crippen molar-refractivity contribution >= 4 is 5.69 Å². The Hall–Kier alpha value is -1.97. The van der Waals surface area contributed by atoms with Crippen LogP contribution >= 0.6 is 0 Å². The second-order valence-corrected chi connectivity index (χ2v) is 5.32. The molecular formula is C17H18F3N. The minimum Gasteiger partial charge on any atom is -0.380 e. The fourth-order valence-electron chi connectivity index (χ4n) is 2.25. The largest absolute Gasteiger partial charge is 0.380 e. The van der Waals surface area contributed by atoms with Gasteiger partial charge in [0.25, 0.3) is 0 Å². The molecule has 1 N–H and O–H groups in total. The first-order valence-electron chi connectivity index (χ1n) is 6.92. The van der Waals surface area contributed by atoms with Gasteiger partial charge in [-0.05, 0) is 32.3 Å². The average molecular weight is 293 g/mol. The van der Waals surface area contributed by atoms with E-state index < -0.39 is 17.5 Å². The maximum Gasteiger partial charge on any atom is 0.182 e. The molecule has 4 heteroatoms. The molecular weight excluding hydrogens is 275 g/mol. The lowest BCUT2D eigenvalue weighted by Gasteiger charge is -2.16. The lowest BCUT2D eigenvalue weighted by molar-refractivity contribution is 0.496. The summed E-state index contributed by atoms with van der Waals surface area (Å²) in [4.78, 5) is 0. The van der Waals surface area contributed by atoms with Crippen molar-refractivity contribution in [2.45, 2.75) is 32.7 Å². The van der Waals surface area contributed by atoms with E-state index in [1.165, 1.54) is 11.1 Å². The summed E-state index contributed by atoms with van der Waals surface area (Å²) in [5.41, 5.74) is 2.24. The summed E-state index contributed by atoms with van der Waals surface area (Å²) in [6.45, 7) is 3.88. The highest BCUT2D eigenvalue weighted by atomic mass is 19.2. The third kappa shape index (κ3) is 4.25. The Morgan fingerprint density at radius 1 is 1.10 bits per heavy atom. The smallest absolute Gasteiger partial charge is 0.182 e. The molecule has 1 atom stereocenters. The molecule has 0 heterocycles. The highest BCUT2D eigenvalue weighted by Gasteiger charge is 2.13. The van der Waals surface area contributed by atoms with Crippen LogP contribution in [0.4, 0.5) is 18.9 Å². The molecule has 0 bridgehead atoms. The van der Waals surface area contributed by atoms with Crippen molar-refractivity contribution in [2.24, 2.45) is 0 Å². The van der Waals surface area contributed by atoms with Gasteiger partial charge in [-0.3, -0.25) is 0 Å². The summed E-state index contributed by atoms with van der Waals surface area (Å²) < 4.78 is 39.8. The molecule has 0 aliphatic carbocycles. The number of rotatable bonds is 5. The average Bonchev–Trinajstić information content (AvgIpc) is 2.42. The molecule has 0 aliphatic rings. The number of halogens is 3. The monoisotopic (exact) mass is 293 g/mol. The molecule has 2 rings (SSSR count). The number of benzene rings is 2. The summed E-state index contributed by atoms with van der Waals surface area (Å²) in [5, 5.41) is 2.82. The zero-order valence-electron chi connectivity index (χ0n) is 12.1. The third-order valence-corrected chi connectivity index (χ3v) is 3.34. The summed E-state index contributed by atoms with van der Waals surface area (Å²) in [6.07, 6.45) is 1.55. The summed E-state index contributed by atoms with van der Waals surface area (Å²) in [7, 11) is 0. The van der Waals surface area contributed by atoms with Crippen LogP contribution in [0.2, 0.25) is 0 Å². The van der Waals surface area contributed by atoms with Gasteiger partial charge in [0, 0.05) is 18.2 Å². The van der Waals surface area contributed by atoms with Crippen LogP contribution in [-0.4, -0.2) is 6.04 Å². The van der Waals surface area contributed by atoms with Crippen LogP contribution in [0, 0.1) is 24.4 Å². The van der Waals surface area contributed by atoms with Crippen LogP contribution in [0.1, 0.15) is 24.5 Å². The van der Waals surface area contributed by atoms with Gasteiger partial charge in [0.1, 0.15) is 5.82 Å². The minimum absolute atomic E-state index is 0.0961. The molecule has 0 saturated heterocycles. The molecule has 0 saturated carbocycles. The number of aryl methyl sites for hydroxylation is 2. The molecule has 2 aromatic rings. The van der Waals surface area contributed by atoms with Gasteiger partial charge in [-0.1, -0.05) is 29.8 Å². The first kappa shape index (κ1) is 15.4. The van der Waals surface area contributed by atoms with E-state index in [1.807, 2.05) is 32.0 Å². The van der Waals surface area contributed by atoms with E-state index in [0.29, 0.717) is 6.07 Å². The van der Waals surface area contributed by atoms with Crippen molar-refractivity contribution in [3.05, 3.63) is 65.0 Å². The SMILES string of the molecule is Cc1cccc(CCC(C)Nc2cc(F)cc(F)c2F)c1. The lowest BCUT2D eigenvalue weighted by atomic mass is 10.0. The topological polar surface area (TPSA) is 12.0 Å². The van der Waals surface area contributed by atoms with E-state index in [0.717, 1.165) is 18.9 Å². The van der Waals surface area contributed by atoms with Crippen LogP contribution < -0.4 is 5.32 Å². The van der Waals surface area contributed by atoms with E-state index in [2.05, 4.69) is 11.4 Å². The van der Waals surface area contributed by atoms with Crippen molar-refractivity contribution in [1.82, 2.24) is 0 Å². The van der Waals surface area contributed by atoms with E-state index in [9.17, 15) is 13.2 Å². The lowest BCUT2D eigenvalue weighted by Crippen LogP contribution is -2.17. The highest BCUT2D eigenvalue weighted by molar-refractivity contribution is 5.46. The fraction of sp³-hybridized carbons (Fsp3) is 0.294.